The van der Waals surface area contributed by atoms with Gasteiger partial charge in [0, 0.05) is 18.7 Å². The van der Waals surface area contributed by atoms with Gasteiger partial charge in [-0.2, -0.15) is 0 Å². The summed E-state index contributed by atoms with van der Waals surface area (Å²) in [6, 6.07) is 2.09. The number of pyridine rings is 1. The van der Waals surface area contributed by atoms with Gasteiger partial charge in [0.25, 0.3) is 0 Å². The summed E-state index contributed by atoms with van der Waals surface area (Å²) in [6.45, 7) is 5.07. The highest BCUT2D eigenvalue weighted by atomic mass is 15.0. The second kappa shape index (κ2) is 3.98. The van der Waals surface area contributed by atoms with Gasteiger partial charge in [0.1, 0.15) is 5.82 Å². The van der Waals surface area contributed by atoms with Crippen molar-refractivity contribution in [3.05, 3.63) is 23.7 Å². The van der Waals surface area contributed by atoms with Crippen LogP contribution in [-0.4, -0.2) is 22.0 Å². The Balaban J connectivity index is 2.43. The third kappa shape index (κ3) is 1.99. The highest BCUT2D eigenvalue weighted by Crippen LogP contribution is 2.16. The lowest BCUT2D eigenvalue weighted by Crippen LogP contribution is -2.05. The molecular formula is C11H16N4. The van der Waals surface area contributed by atoms with Crippen molar-refractivity contribution in [2.24, 2.45) is 0 Å². The Labute approximate surface area is 89.1 Å². The molecular weight excluding hydrogens is 188 g/mol. The van der Waals surface area contributed by atoms with Gasteiger partial charge in [-0.1, -0.05) is 13.8 Å². The van der Waals surface area contributed by atoms with Crippen molar-refractivity contribution in [3.8, 4) is 0 Å². The van der Waals surface area contributed by atoms with E-state index in [9.17, 15) is 0 Å². The number of aromatic nitrogens is 3. The smallest absolute Gasteiger partial charge is 0.177 e. The number of hydrogen-bond donors (Lipinski definition) is 2. The summed E-state index contributed by atoms with van der Waals surface area (Å²) < 4.78 is 0. The topological polar surface area (TPSA) is 53.6 Å². The summed E-state index contributed by atoms with van der Waals surface area (Å²) >= 11 is 0. The minimum absolute atomic E-state index is 0.409. The normalized spacial score (nSPS) is 11.5. The summed E-state index contributed by atoms with van der Waals surface area (Å²) in [7, 11) is 1.93. The minimum Gasteiger partial charge on any atom is -0.340 e. The van der Waals surface area contributed by atoms with Crippen molar-refractivity contribution in [2.75, 3.05) is 7.05 Å². The zero-order valence-electron chi connectivity index (χ0n) is 9.33. The molecule has 0 saturated heterocycles. The molecule has 2 aromatic rings. The van der Waals surface area contributed by atoms with Crippen molar-refractivity contribution >= 4 is 11.2 Å². The number of rotatable bonds is 3. The molecule has 0 atom stereocenters. The standard InChI is InChI=1S/C11H16N4/c1-7(2)10-14-9-4-8(5-12-3)6-13-11(9)15-10/h4,6-7,12H,5H2,1-3H3,(H,13,14,15). The van der Waals surface area contributed by atoms with E-state index in [0.717, 1.165) is 23.5 Å². The number of nitrogens with one attached hydrogen (secondary N) is 2. The quantitative estimate of drug-likeness (QED) is 0.801. The largest absolute Gasteiger partial charge is 0.340 e. The molecule has 2 N–H and O–H groups in total. The first-order chi connectivity index (χ1) is 7.20. The van der Waals surface area contributed by atoms with E-state index in [2.05, 4.69) is 40.2 Å². The van der Waals surface area contributed by atoms with Crippen molar-refractivity contribution in [1.29, 1.82) is 0 Å². The van der Waals surface area contributed by atoms with E-state index in [-0.39, 0.29) is 0 Å². The number of H-pyrrole nitrogens is 1. The molecule has 0 radical (unpaired) electrons. The van der Waals surface area contributed by atoms with Gasteiger partial charge >= 0.3 is 0 Å². The van der Waals surface area contributed by atoms with Gasteiger partial charge in [0.15, 0.2) is 5.65 Å². The number of imidazole rings is 1. The van der Waals surface area contributed by atoms with Crippen LogP contribution in [0.1, 0.15) is 31.2 Å². The van der Waals surface area contributed by atoms with Crippen LogP contribution in [0.3, 0.4) is 0 Å². The zero-order chi connectivity index (χ0) is 10.8. The lowest BCUT2D eigenvalue weighted by molar-refractivity contribution is 0.798. The molecule has 2 heterocycles. The Morgan fingerprint density at radius 1 is 1.47 bits per heavy atom. The zero-order valence-corrected chi connectivity index (χ0v) is 9.33. The summed E-state index contributed by atoms with van der Waals surface area (Å²) in [4.78, 5) is 12.0. The van der Waals surface area contributed by atoms with Gasteiger partial charge in [-0.3, -0.25) is 0 Å². The molecule has 15 heavy (non-hydrogen) atoms. The van der Waals surface area contributed by atoms with Crippen molar-refractivity contribution < 1.29 is 0 Å². The lowest BCUT2D eigenvalue weighted by Gasteiger charge is -1.97. The van der Waals surface area contributed by atoms with E-state index in [1.165, 1.54) is 5.56 Å². The number of aromatic amines is 1. The Bertz CT molecular complexity index is 459. The van der Waals surface area contributed by atoms with Crippen LogP contribution >= 0.6 is 0 Å². The fourth-order valence-corrected chi connectivity index (χ4v) is 1.54. The van der Waals surface area contributed by atoms with Crippen molar-refractivity contribution in [3.63, 3.8) is 0 Å². The van der Waals surface area contributed by atoms with E-state index in [1.54, 1.807) is 0 Å². The van der Waals surface area contributed by atoms with Gasteiger partial charge in [-0.25, -0.2) is 9.97 Å². The van der Waals surface area contributed by atoms with Gasteiger partial charge < -0.3 is 10.3 Å². The Kier molecular flexibility index (Phi) is 2.68. The number of fused-ring (bicyclic) bond motifs is 1. The maximum absolute atomic E-state index is 4.43. The molecule has 0 aliphatic carbocycles. The average Bonchev–Trinajstić information content (AvgIpc) is 2.61. The molecule has 4 nitrogen and oxygen atoms in total. The molecule has 0 fully saturated rings. The molecule has 0 aliphatic rings. The summed E-state index contributed by atoms with van der Waals surface area (Å²) in [5.74, 6) is 1.41. The second-order valence-electron chi connectivity index (χ2n) is 4.02. The fourth-order valence-electron chi connectivity index (χ4n) is 1.54. The number of hydrogen-bond acceptors (Lipinski definition) is 3. The van der Waals surface area contributed by atoms with Crippen molar-refractivity contribution in [1.82, 2.24) is 20.3 Å². The summed E-state index contributed by atoms with van der Waals surface area (Å²) in [5, 5.41) is 3.10. The van der Waals surface area contributed by atoms with E-state index in [1.807, 2.05) is 13.2 Å². The van der Waals surface area contributed by atoms with Crippen LogP contribution in [0.5, 0.6) is 0 Å². The van der Waals surface area contributed by atoms with Crippen LogP contribution in [0.15, 0.2) is 12.3 Å². The monoisotopic (exact) mass is 204 g/mol. The number of nitrogens with zero attached hydrogens (tertiary/aromatic N) is 2. The van der Waals surface area contributed by atoms with E-state index in [4.69, 9.17) is 0 Å². The van der Waals surface area contributed by atoms with Crippen LogP contribution in [-0.2, 0) is 6.54 Å². The molecule has 0 amide bonds. The summed E-state index contributed by atoms with van der Waals surface area (Å²) in [6.07, 6.45) is 1.86. The lowest BCUT2D eigenvalue weighted by atomic mass is 10.2. The van der Waals surface area contributed by atoms with Crippen molar-refractivity contribution in [2.45, 2.75) is 26.3 Å². The summed E-state index contributed by atoms with van der Waals surface area (Å²) in [5.41, 5.74) is 2.99. The molecule has 0 unspecified atom stereocenters. The SMILES string of the molecule is CNCc1cnc2nc(C(C)C)[nH]c2c1. The Morgan fingerprint density at radius 2 is 2.27 bits per heavy atom. The van der Waals surface area contributed by atoms with E-state index >= 15 is 0 Å². The van der Waals surface area contributed by atoms with Gasteiger partial charge in [-0.05, 0) is 18.7 Å². The van der Waals surface area contributed by atoms with Crippen LogP contribution in [0.2, 0.25) is 0 Å². The molecule has 0 bridgehead atoms. The third-order valence-corrected chi connectivity index (χ3v) is 2.34. The first-order valence-corrected chi connectivity index (χ1v) is 5.20. The predicted octanol–water partition coefficient (Wildman–Crippen LogP) is 1.80. The molecule has 0 saturated carbocycles. The fraction of sp³-hybridized carbons (Fsp3) is 0.455. The first kappa shape index (κ1) is 10.1. The highest BCUT2D eigenvalue weighted by Gasteiger charge is 2.07. The molecule has 80 valence electrons. The van der Waals surface area contributed by atoms with Crippen LogP contribution < -0.4 is 5.32 Å². The minimum atomic E-state index is 0.409. The first-order valence-electron chi connectivity index (χ1n) is 5.20. The van der Waals surface area contributed by atoms with Gasteiger partial charge in [-0.15, -0.1) is 0 Å². The van der Waals surface area contributed by atoms with Crippen LogP contribution in [0.25, 0.3) is 11.2 Å². The Hall–Kier alpha value is -1.42. The van der Waals surface area contributed by atoms with Gasteiger partial charge in [0.2, 0.25) is 0 Å². The van der Waals surface area contributed by atoms with E-state index < -0.39 is 0 Å². The highest BCUT2D eigenvalue weighted by molar-refractivity contribution is 5.71. The average molecular weight is 204 g/mol. The predicted molar refractivity (Wildman–Crippen MR) is 60.7 cm³/mol. The van der Waals surface area contributed by atoms with Gasteiger partial charge in [0.05, 0.1) is 5.52 Å². The molecule has 0 spiro atoms. The molecule has 4 heteroatoms. The van der Waals surface area contributed by atoms with E-state index in [0.29, 0.717) is 5.92 Å². The third-order valence-electron chi connectivity index (χ3n) is 2.34. The molecule has 2 rings (SSSR count). The second-order valence-corrected chi connectivity index (χ2v) is 4.02. The van der Waals surface area contributed by atoms with Crippen LogP contribution in [0.4, 0.5) is 0 Å². The molecule has 2 aromatic heterocycles. The Morgan fingerprint density at radius 3 is 2.93 bits per heavy atom. The molecule has 0 aromatic carbocycles. The van der Waals surface area contributed by atoms with Crippen LogP contribution in [0, 0.1) is 0 Å². The maximum Gasteiger partial charge on any atom is 0.177 e. The molecule has 0 aliphatic heterocycles. The maximum atomic E-state index is 4.43.